The van der Waals surface area contributed by atoms with E-state index in [1.165, 1.54) is 7.05 Å². The molecule has 1 amide bonds. The highest BCUT2D eigenvalue weighted by molar-refractivity contribution is 8.14. The van der Waals surface area contributed by atoms with Crippen LogP contribution in [0.3, 0.4) is 0 Å². The molecule has 2 N–H and O–H groups in total. The quantitative estimate of drug-likeness (QED) is 0.683. The Morgan fingerprint density at radius 1 is 1.33 bits per heavy atom. The number of hydrogen-bond donors (Lipinski definition) is 2. The summed E-state index contributed by atoms with van der Waals surface area (Å²) >= 11 is 0.681. The molecule has 3 rings (SSSR count). The highest BCUT2D eigenvalue weighted by Gasteiger charge is 2.64. The lowest BCUT2D eigenvalue weighted by molar-refractivity contribution is -0.319. The first-order valence-electron chi connectivity index (χ1n) is 8.88. The molecule has 2 aliphatic heterocycles. The zero-order chi connectivity index (χ0) is 22.3. The fraction of sp³-hybridized carbons (Fsp3) is 0.556. The molecule has 2 heterocycles. The Bertz CT molecular complexity index is 808. The number of rotatable bonds is 4. The third-order valence-electron chi connectivity index (χ3n) is 4.97. The second-order valence-corrected chi connectivity index (χ2v) is 8.20. The SMILES string of the molecule is CN(C(=O)O)C1=N[C@@H]2[C@H](F)[C@H](OCc3ccccc3)[C@@H](C(C)(O)C(F)(F)F)O[C@@H]2S1. The van der Waals surface area contributed by atoms with Gasteiger partial charge in [0.25, 0.3) is 0 Å². The van der Waals surface area contributed by atoms with E-state index in [9.17, 15) is 23.1 Å². The van der Waals surface area contributed by atoms with Gasteiger partial charge in [-0.2, -0.15) is 13.2 Å². The lowest BCUT2D eigenvalue weighted by Gasteiger charge is -2.45. The number of amides is 1. The molecule has 0 spiro atoms. The van der Waals surface area contributed by atoms with Gasteiger partial charge in [0, 0.05) is 7.05 Å². The minimum atomic E-state index is -5.12. The first-order chi connectivity index (χ1) is 13.9. The standard InChI is InChI=1S/C18H20F4N2O5S/c1-17(27,18(20,21)22)13-12(28-8-9-6-4-3-5-7-9)10(19)11-14(29-13)30-15(23-11)24(2)16(25)26/h3-7,10-14,27H,8H2,1-2H3,(H,25,26)/t10-,11+,12-,13-,14+,17?/m0/s1. The number of aliphatic imine (C=N–C) groups is 1. The van der Waals surface area contributed by atoms with Gasteiger partial charge < -0.3 is 19.7 Å². The first kappa shape index (κ1) is 22.8. The number of hydrogen-bond acceptors (Lipinski definition) is 6. The number of amidine groups is 1. The lowest BCUT2D eigenvalue weighted by atomic mass is 9.87. The van der Waals surface area contributed by atoms with Crippen LogP contribution >= 0.6 is 11.8 Å². The maximum absolute atomic E-state index is 15.3. The molecule has 6 atom stereocenters. The highest BCUT2D eigenvalue weighted by Crippen LogP contribution is 2.45. The molecule has 0 bridgehead atoms. The number of nitrogens with zero attached hydrogens (tertiary/aromatic N) is 2. The molecule has 0 aromatic heterocycles. The van der Waals surface area contributed by atoms with Crippen molar-refractivity contribution in [3.63, 3.8) is 0 Å². The smallest absolute Gasteiger partial charge is 0.419 e. The van der Waals surface area contributed by atoms with Gasteiger partial charge in [0.05, 0.1) is 6.61 Å². The van der Waals surface area contributed by atoms with Gasteiger partial charge in [-0.3, -0.25) is 9.89 Å². The van der Waals surface area contributed by atoms with Crippen molar-refractivity contribution in [2.75, 3.05) is 7.05 Å². The number of aliphatic hydroxyl groups is 1. The molecule has 1 aromatic rings. The molecule has 12 heteroatoms. The van der Waals surface area contributed by atoms with Crippen LogP contribution in [0.1, 0.15) is 12.5 Å². The summed E-state index contributed by atoms with van der Waals surface area (Å²) in [6.07, 6.45) is -12.4. The Balaban J connectivity index is 1.89. The molecule has 1 unspecified atom stereocenters. The maximum atomic E-state index is 15.3. The van der Waals surface area contributed by atoms with Crippen LogP contribution in [-0.4, -0.2) is 75.1 Å². The van der Waals surface area contributed by atoms with E-state index in [1.807, 2.05) is 0 Å². The predicted octanol–water partition coefficient (Wildman–Crippen LogP) is 3.03. The fourth-order valence-electron chi connectivity index (χ4n) is 3.11. The van der Waals surface area contributed by atoms with Crippen LogP contribution in [0.5, 0.6) is 0 Å². The van der Waals surface area contributed by atoms with Gasteiger partial charge in [0.2, 0.25) is 0 Å². The zero-order valence-corrected chi connectivity index (χ0v) is 16.7. The van der Waals surface area contributed by atoms with Crippen molar-refractivity contribution in [1.29, 1.82) is 0 Å². The average molecular weight is 452 g/mol. The third-order valence-corrected chi connectivity index (χ3v) is 6.18. The molecular formula is C18H20F4N2O5S. The lowest BCUT2D eigenvalue weighted by Crippen LogP contribution is -2.65. The Hall–Kier alpha value is -1.89. The van der Waals surface area contributed by atoms with Crippen LogP contribution in [0.15, 0.2) is 35.3 Å². The second-order valence-electron chi connectivity index (χ2n) is 7.14. The van der Waals surface area contributed by atoms with Crippen molar-refractivity contribution < 1.29 is 42.0 Å². The van der Waals surface area contributed by atoms with Crippen molar-refractivity contribution in [2.24, 2.45) is 4.99 Å². The molecular weight excluding hydrogens is 432 g/mol. The van der Waals surface area contributed by atoms with Crippen LogP contribution in [0, 0.1) is 0 Å². The summed E-state index contributed by atoms with van der Waals surface area (Å²) in [5, 5.41) is 19.2. The predicted molar refractivity (Wildman–Crippen MR) is 99.9 cm³/mol. The topological polar surface area (TPSA) is 91.6 Å². The van der Waals surface area contributed by atoms with E-state index in [0.29, 0.717) is 24.2 Å². The van der Waals surface area contributed by atoms with Gasteiger partial charge in [0.15, 0.2) is 16.9 Å². The first-order valence-corrected chi connectivity index (χ1v) is 9.76. The molecule has 0 radical (unpaired) electrons. The molecule has 1 fully saturated rings. The van der Waals surface area contributed by atoms with Crippen molar-refractivity contribution in [2.45, 2.75) is 55.2 Å². The Morgan fingerprint density at radius 3 is 2.53 bits per heavy atom. The number of carbonyl (C=O) groups is 1. The van der Waals surface area contributed by atoms with Crippen LogP contribution in [0.4, 0.5) is 22.4 Å². The number of benzene rings is 1. The second kappa shape index (κ2) is 8.33. The average Bonchev–Trinajstić information content (AvgIpc) is 3.10. The number of carboxylic acid groups (broad SMARTS) is 1. The van der Waals surface area contributed by atoms with Crippen molar-refractivity contribution in [1.82, 2.24) is 4.90 Å². The highest BCUT2D eigenvalue weighted by atomic mass is 32.2. The summed E-state index contributed by atoms with van der Waals surface area (Å²) in [4.78, 5) is 15.8. The maximum Gasteiger partial charge on any atom is 0.419 e. The molecule has 166 valence electrons. The van der Waals surface area contributed by atoms with E-state index in [2.05, 4.69) is 4.99 Å². The number of halogens is 4. The summed E-state index contributed by atoms with van der Waals surface area (Å²) in [5.74, 6) is 0. The summed E-state index contributed by atoms with van der Waals surface area (Å²) in [6, 6.07) is 7.13. The van der Waals surface area contributed by atoms with Crippen molar-refractivity contribution in [3.05, 3.63) is 35.9 Å². The van der Waals surface area contributed by atoms with Gasteiger partial charge in [-0.05, 0) is 12.5 Å². The summed E-state index contributed by atoms with van der Waals surface area (Å²) < 4.78 is 66.7. The molecule has 7 nitrogen and oxygen atoms in total. The van der Waals surface area contributed by atoms with Crippen LogP contribution < -0.4 is 0 Å². The van der Waals surface area contributed by atoms with E-state index >= 15 is 4.39 Å². The van der Waals surface area contributed by atoms with E-state index in [1.54, 1.807) is 30.3 Å². The van der Waals surface area contributed by atoms with Gasteiger partial charge >= 0.3 is 12.3 Å². The van der Waals surface area contributed by atoms with E-state index in [0.717, 1.165) is 4.90 Å². The van der Waals surface area contributed by atoms with Crippen molar-refractivity contribution >= 4 is 23.0 Å². The summed E-state index contributed by atoms with van der Waals surface area (Å²) in [5.41, 5.74) is -4.06. The molecule has 0 aliphatic carbocycles. The van der Waals surface area contributed by atoms with Crippen LogP contribution in [-0.2, 0) is 16.1 Å². The Labute approximate surface area is 173 Å². The molecule has 2 aliphatic rings. The molecule has 1 saturated heterocycles. The normalized spacial score (nSPS) is 30.9. The fourth-order valence-corrected chi connectivity index (χ4v) is 4.26. The summed E-state index contributed by atoms with van der Waals surface area (Å²) in [7, 11) is 1.17. The number of thioether (sulfide) groups is 1. The minimum Gasteiger partial charge on any atom is -0.465 e. The monoisotopic (exact) mass is 452 g/mol. The minimum absolute atomic E-state index is 0.116. The number of ether oxygens (including phenoxy) is 2. The Kier molecular flexibility index (Phi) is 6.33. The summed E-state index contributed by atoms with van der Waals surface area (Å²) in [6.45, 7) is 0.282. The van der Waals surface area contributed by atoms with Gasteiger partial charge in [-0.25, -0.2) is 9.18 Å². The van der Waals surface area contributed by atoms with Crippen LogP contribution in [0.25, 0.3) is 0 Å². The molecule has 30 heavy (non-hydrogen) atoms. The molecule has 0 saturated carbocycles. The van der Waals surface area contributed by atoms with E-state index in [4.69, 9.17) is 14.6 Å². The van der Waals surface area contributed by atoms with Gasteiger partial charge in [0.1, 0.15) is 23.7 Å². The zero-order valence-electron chi connectivity index (χ0n) is 15.9. The van der Waals surface area contributed by atoms with Crippen LogP contribution in [0.2, 0.25) is 0 Å². The van der Waals surface area contributed by atoms with Gasteiger partial charge in [-0.15, -0.1) is 0 Å². The number of fused-ring (bicyclic) bond motifs is 1. The van der Waals surface area contributed by atoms with E-state index in [-0.39, 0.29) is 11.8 Å². The van der Waals surface area contributed by atoms with Gasteiger partial charge in [-0.1, -0.05) is 42.1 Å². The number of alkyl halides is 4. The largest absolute Gasteiger partial charge is 0.465 e. The Morgan fingerprint density at radius 2 is 1.97 bits per heavy atom. The molecule has 1 aromatic carbocycles. The van der Waals surface area contributed by atoms with Crippen molar-refractivity contribution in [3.8, 4) is 0 Å². The van der Waals surface area contributed by atoms with E-state index < -0.39 is 47.7 Å². The third kappa shape index (κ3) is 4.27.